The molecule has 102 valence electrons. The van der Waals surface area contributed by atoms with Gasteiger partial charge in [0.2, 0.25) is 0 Å². The molecule has 2 aromatic rings. The van der Waals surface area contributed by atoms with Gasteiger partial charge >= 0.3 is 0 Å². The topological polar surface area (TPSA) is 17.8 Å². The normalized spacial score (nSPS) is 17.7. The maximum atomic E-state index is 14.1. The molecule has 1 heterocycles. The van der Waals surface area contributed by atoms with E-state index in [2.05, 4.69) is 11.9 Å². The van der Waals surface area contributed by atoms with Crippen LogP contribution in [-0.4, -0.2) is 15.4 Å². The van der Waals surface area contributed by atoms with E-state index in [0.717, 1.165) is 31.2 Å². The maximum absolute atomic E-state index is 14.1. The lowest BCUT2D eigenvalue weighted by atomic mass is 9.78. The van der Waals surface area contributed by atoms with Crippen LogP contribution in [0.3, 0.4) is 0 Å². The molecule has 1 aromatic heterocycles. The first-order chi connectivity index (χ1) is 9.07. The number of alkyl halides is 1. The lowest BCUT2D eigenvalue weighted by Gasteiger charge is -2.41. The van der Waals surface area contributed by atoms with Crippen molar-refractivity contribution in [2.75, 3.05) is 5.88 Å². The summed E-state index contributed by atoms with van der Waals surface area (Å²) in [5.74, 6) is -0.464. The number of rotatable bonds is 3. The van der Waals surface area contributed by atoms with E-state index in [1.165, 1.54) is 6.07 Å². The molecule has 0 radical (unpaired) electrons. The van der Waals surface area contributed by atoms with Crippen molar-refractivity contribution in [1.82, 2.24) is 9.55 Å². The molecule has 0 saturated heterocycles. The molecule has 1 saturated carbocycles. The highest BCUT2D eigenvalue weighted by Crippen LogP contribution is 2.42. The van der Waals surface area contributed by atoms with Crippen molar-refractivity contribution in [2.45, 2.75) is 38.1 Å². The van der Waals surface area contributed by atoms with Crippen LogP contribution in [0.1, 0.15) is 32.0 Å². The SMILES string of the molecule is CC1(n2c(CCCl)nc3ccc(F)c(F)c32)CCC1. The van der Waals surface area contributed by atoms with E-state index in [-0.39, 0.29) is 11.1 Å². The van der Waals surface area contributed by atoms with Crippen molar-refractivity contribution >= 4 is 22.6 Å². The van der Waals surface area contributed by atoms with Crippen LogP contribution in [0.5, 0.6) is 0 Å². The summed E-state index contributed by atoms with van der Waals surface area (Å²) in [5, 5.41) is 0. The van der Waals surface area contributed by atoms with Crippen molar-refractivity contribution in [3.8, 4) is 0 Å². The summed E-state index contributed by atoms with van der Waals surface area (Å²) in [6.45, 7) is 2.07. The first-order valence-corrected chi connectivity index (χ1v) is 7.02. The Morgan fingerprint density at radius 2 is 2.11 bits per heavy atom. The van der Waals surface area contributed by atoms with Gasteiger partial charge in [-0.05, 0) is 38.3 Å². The van der Waals surface area contributed by atoms with Crippen LogP contribution in [0.25, 0.3) is 11.0 Å². The van der Waals surface area contributed by atoms with E-state index >= 15 is 0 Å². The van der Waals surface area contributed by atoms with Gasteiger partial charge in [0.1, 0.15) is 11.3 Å². The Morgan fingerprint density at radius 3 is 2.68 bits per heavy atom. The predicted molar refractivity (Wildman–Crippen MR) is 71.6 cm³/mol. The number of halogens is 3. The summed E-state index contributed by atoms with van der Waals surface area (Å²) in [5.41, 5.74) is 0.625. The van der Waals surface area contributed by atoms with E-state index in [9.17, 15) is 8.78 Å². The third-order valence-corrected chi connectivity index (χ3v) is 4.26. The Morgan fingerprint density at radius 1 is 1.37 bits per heavy atom. The molecule has 0 unspecified atom stereocenters. The zero-order chi connectivity index (χ0) is 13.6. The zero-order valence-electron chi connectivity index (χ0n) is 10.7. The molecule has 19 heavy (non-hydrogen) atoms. The average Bonchev–Trinajstić information content (AvgIpc) is 2.71. The molecule has 1 aromatic carbocycles. The Hall–Kier alpha value is -1.16. The van der Waals surface area contributed by atoms with Gasteiger partial charge in [0.05, 0.1) is 5.52 Å². The molecule has 1 aliphatic rings. The Balaban J connectivity index is 2.30. The second-order valence-corrected chi connectivity index (χ2v) is 5.76. The van der Waals surface area contributed by atoms with Crippen molar-refractivity contribution in [1.29, 1.82) is 0 Å². The first-order valence-electron chi connectivity index (χ1n) is 6.48. The summed E-state index contributed by atoms with van der Waals surface area (Å²) in [6.07, 6.45) is 3.59. The highest BCUT2D eigenvalue weighted by atomic mass is 35.5. The largest absolute Gasteiger partial charge is 0.320 e. The van der Waals surface area contributed by atoms with Crippen LogP contribution in [0.15, 0.2) is 12.1 Å². The maximum Gasteiger partial charge on any atom is 0.184 e. The van der Waals surface area contributed by atoms with Gasteiger partial charge in [0, 0.05) is 17.8 Å². The summed E-state index contributed by atoms with van der Waals surface area (Å²) in [6, 6.07) is 2.66. The first kappa shape index (κ1) is 12.9. The van der Waals surface area contributed by atoms with Gasteiger partial charge in [0.25, 0.3) is 0 Å². The van der Waals surface area contributed by atoms with Crippen molar-refractivity contribution in [2.24, 2.45) is 0 Å². The quantitative estimate of drug-likeness (QED) is 0.779. The summed E-state index contributed by atoms with van der Waals surface area (Å²) >= 11 is 5.80. The van der Waals surface area contributed by atoms with Crippen LogP contribution in [0, 0.1) is 11.6 Å². The summed E-state index contributed by atoms with van der Waals surface area (Å²) < 4.78 is 29.5. The zero-order valence-corrected chi connectivity index (χ0v) is 11.5. The Bertz CT molecular complexity index is 632. The van der Waals surface area contributed by atoms with Gasteiger partial charge < -0.3 is 4.57 Å². The van der Waals surface area contributed by atoms with Gasteiger partial charge in [-0.25, -0.2) is 13.8 Å². The van der Waals surface area contributed by atoms with E-state index in [1.807, 2.05) is 4.57 Å². The van der Waals surface area contributed by atoms with Gasteiger partial charge in [-0.1, -0.05) is 0 Å². The number of aryl methyl sites for hydroxylation is 1. The molecule has 5 heteroatoms. The highest BCUT2D eigenvalue weighted by molar-refractivity contribution is 6.17. The number of hydrogen-bond donors (Lipinski definition) is 0. The van der Waals surface area contributed by atoms with Gasteiger partial charge in [-0.15, -0.1) is 11.6 Å². The molecular formula is C14H15ClF2N2. The third-order valence-electron chi connectivity index (χ3n) is 4.07. The second kappa shape index (κ2) is 4.44. The molecule has 1 aliphatic carbocycles. The highest BCUT2D eigenvalue weighted by Gasteiger charge is 2.37. The molecule has 0 amide bonds. The van der Waals surface area contributed by atoms with Crippen LogP contribution < -0.4 is 0 Å². The van der Waals surface area contributed by atoms with Gasteiger partial charge in [0.15, 0.2) is 11.6 Å². The minimum atomic E-state index is -0.825. The smallest absolute Gasteiger partial charge is 0.184 e. The molecular weight excluding hydrogens is 270 g/mol. The summed E-state index contributed by atoms with van der Waals surface area (Å²) in [4.78, 5) is 4.42. The number of imidazole rings is 1. The summed E-state index contributed by atoms with van der Waals surface area (Å²) in [7, 11) is 0. The van der Waals surface area contributed by atoms with Crippen LogP contribution in [-0.2, 0) is 12.0 Å². The van der Waals surface area contributed by atoms with Crippen LogP contribution in [0.4, 0.5) is 8.78 Å². The Kier molecular flexibility index (Phi) is 3.01. The van der Waals surface area contributed by atoms with Gasteiger partial charge in [-0.3, -0.25) is 0 Å². The van der Waals surface area contributed by atoms with E-state index in [1.54, 1.807) is 0 Å². The van der Waals surface area contributed by atoms with Crippen molar-refractivity contribution in [3.63, 3.8) is 0 Å². The monoisotopic (exact) mass is 284 g/mol. The number of hydrogen-bond acceptors (Lipinski definition) is 1. The number of nitrogens with zero attached hydrogens (tertiary/aromatic N) is 2. The van der Waals surface area contributed by atoms with E-state index in [0.29, 0.717) is 17.8 Å². The minimum absolute atomic E-state index is 0.162. The van der Waals surface area contributed by atoms with Crippen molar-refractivity contribution in [3.05, 3.63) is 29.6 Å². The molecule has 0 aliphatic heterocycles. The molecule has 1 fully saturated rings. The fourth-order valence-corrected chi connectivity index (χ4v) is 3.07. The fraction of sp³-hybridized carbons (Fsp3) is 0.500. The number of benzene rings is 1. The van der Waals surface area contributed by atoms with E-state index < -0.39 is 11.6 Å². The lowest BCUT2D eigenvalue weighted by Crippen LogP contribution is -2.38. The number of aromatic nitrogens is 2. The molecule has 3 rings (SSSR count). The molecule has 0 N–H and O–H groups in total. The van der Waals surface area contributed by atoms with E-state index in [4.69, 9.17) is 11.6 Å². The van der Waals surface area contributed by atoms with Crippen LogP contribution >= 0.6 is 11.6 Å². The third kappa shape index (κ3) is 1.84. The standard InChI is InChI=1S/C14H15ClF2N2/c1-14(6-2-7-14)19-11(5-8-15)18-10-4-3-9(16)12(17)13(10)19/h3-4H,2,5-8H2,1H3. The van der Waals surface area contributed by atoms with Crippen LogP contribution in [0.2, 0.25) is 0 Å². The van der Waals surface area contributed by atoms with Gasteiger partial charge in [-0.2, -0.15) is 0 Å². The lowest BCUT2D eigenvalue weighted by molar-refractivity contribution is 0.169. The Labute approximate surface area is 115 Å². The average molecular weight is 285 g/mol. The predicted octanol–water partition coefficient (Wildman–Crippen LogP) is 3.99. The second-order valence-electron chi connectivity index (χ2n) is 5.38. The molecule has 2 nitrogen and oxygen atoms in total. The minimum Gasteiger partial charge on any atom is -0.320 e. The molecule has 0 bridgehead atoms. The fourth-order valence-electron chi connectivity index (χ4n) is 2.90. The molecule has 0 atom stereocenters. The number of fused-ring (bicyclic) bond motifs is 1. The van der Waals surface area contributed by atoms with Crippen molar-refractivity contribution < 1.29 is 8.78 Å². The molecule has 0 spiro atoms.